The van der Waals surface area contributed by atoms with Crippen molar-refractivity contribution in [1.29, 1.82) is 0 Å². The van der Waals surface area contributed by atoms with Crippen LogP contribution in [0.15, 0.2) is 30.3 Å². The lowest BCUT2D eigenvalue weighted by atomic mass is 9.89. The molecule has 1 aromatic carbocycles. The Labute approximate surface area is 94.4 Å². The number of rotatable bonds is 3. The van der Waals surface area contributed by atoms with Crippen LogP contribution in [-0.4, -0.2) is 11.9 Å². The third kappa shape index (κ3) is 2.30. The van der Waals surface area contributed by atoms with Crippen LogP contribution in [0, 0.1) is 5.92 Å². The van der Waals surface area contributed by atoms with Crippen LogP contribution in [0.4, 0.5) is 0 Å². The predicted molar refractivity (Wildman–Crippen MR) is 58.7 cm³/mol. The highest BCUT2D eigenvalue weighted by Crippen LogP contribution is 2.28. The summed E-state index contributed by atoms with van der Waals surface area (Å²) in [6, 6.07) is 9.98. The van der Waals surface area contributed by atoms with E-state index in [9.17, 15) is 9.59 Å². The van der Waals surface area contributed by atoms with Gasteiger partial charge in [-0.25, -0.2) is 0 Å². The lowest BCUT2D eigenvalue weighted by molar-refractivity contribution is -0.153. The molecule has 84 valence electrons. The first-order valence-corrected chi connectivity index (χ1v) is 5.46. The summed E-state index contributed by atoms with van der Waals surface area (Å²) in [5.74, 6) is -0.754. The molecule has 1 aromatic rings. The third-order valence-corrected chi connectivity index (χ3v) is 2.97. The Balaban J connectivity index is 2.00. The SMILES string of the molecule is CC(CC1CC(=O)OC1=O)c1ccccc1. The van der Waals surface area contributed by atoms with E-state index in [2.05, 4.69) is 11.7 Å². The van der Waals surface area contributed by atoms with Crippen LogP contribution in [0.2, 0.25) is 0 Å². The monoisotopic (exact) mass is 218 g/mol. The van der Waals surface area contributed by atoms with Crippen molar-refractivity contribution in [3.8, 4) is 0 Å². The number of hydrogen-bond acceptors (Lipinski definition) is 3. The lowest BCUT2D eigenvalue weighted by Gasteiger charge is -2.13. The van der Waals surface area contributed by atoms with Crippen LogP contribution in [0.25, 0.3) is 0 Å². The molecule has 2 unspecified atom stereocenters. The zero-order valence-corrected chi connectivity index (χ0v) is 9.18. The van der Waals surface area contributed by atoms with Gasteiger partial charge in [0.25, 0.3) is 0 Å². The molecule has 1 heterocycles. The summed E-state index contributed by atoms with van der Waals surface area (Å²) in [6.07, 6.45) is 0.907. The molecule has 0 aliphatic carbocycles. The maximum atomic E-state index is 11.3. The molecule has 1 saturated heterocycles. The fourth-order valence-electron chi connectivity index (χ4n) is 2.05. The van der Waals surface area contributed by atoms with Gasteiger partial charge in [0.1, 0.15) is 0 Å². The highest BCUT2D eigenvalue weighted by Gasteiger charge is 2.34. The van der Waals surface area contributed by atoms with Gasteiger partial charge in [-0.1, -0.05) is 37.3 Å². The zero-order chi connectivity index (χ0) is 11.5. The van der Waals surface area contributed by atoms with E-state index in [1.807, 2.05) is 30.3 Å². The molecule has 0 radical (unpaired) electrons. The van der Waals surface area contributed by atoms with Gasteiger partial charge in [-0.15, -0.1) is 0 Å². The molecule has 0 amide bonds. The minimum Gasteiger partial charge on any atom is -0.393 e. The molecule has 3 nitrogen and oxygen atoms in total. The number of hydrogen-bond donors (Lipinski definition) is 0. The van der Waals surface area contributed by atoms with E-state index in [0.717, 1.165) is 0 Å². The molecular weight excluding hydrogens is 204 g/mol. The van der Waals surface area contributed by atoms with E-state index in [-0.39, 0.29) is 24.2 Å². The van der Waals surface area contributed by atoms with Gasteiger partial charge in [-0.05, 0) is 17.9 Å². The second-order valence-electron chi connectivity index (χ2n) is 4.24. The van der Waals surface area contributed by atoms with Gasteiger partial charge < -0.3 is 4.74 Å². The number of carbonyl (C=O) groups is 2. The van der Waals surface area contributed by atoms with Crippen molar-refractivity contribution in [3.63, 3.8) is 0 Å². The fraction of sp³-hybridized carbons (Fsp3) is 0.385. The second-order valence-corrected chi connectivity index (χ2v) is 4.24. The maximum Gasteiger partial charge on any atom is 0.317 e. The van der Waals surface area contributed by atoms with Gasteiger partial charge >= 0.3 is 11.9 Å². The van der Waals surface area contributed by atoms with E-state index < -0.39 is 5.97 Å². The topological polar surface area (TPSA) is 43.4 Å². The van der Waals surface area contributed by atoms with Crippen LogP contribution in [0.3, 0.4) is 0 Å². The van der Waals surface area contributed by atoms with Crippen molar-refractivity contribution in [2.24, 2.45) is 5.92 Å². The number of esters is 2. The molecular formula is C13H14O3. The Kier molecular flexibility index (Phi) is 3.04. The highest BCUT2D eigenvalue weighted by molar-refractivity contribution is 5.94. The van der Waals surface area contributed by atoms with Gasteiger partial charge in [0.2, 0.25) is 0 Å². The number of ether oxygens (including phenoxy) is 1. The normalized spacial score (nSPS) is 21.9. The smallest absolute Gasteiger partial charge is 0.317 e. The van der Waals surface area contributed by atoms with Gasteiger partial charge in [0.15, 0.2) is 0 Å². The number of cyclic esters (lactones) is 2. The molecule has 0 bridgehead atoms. The minimum atomic E-state index is -0.393. The first-order chi connectivity index (χ1) is 7.66. The highest BCUT2D eigenvalue weighted by atomic mass is 16.6. The van der Waals surface area contributed by atoms with E-state index in [0.29, 0.717) is 6.42 Å². The molecule has 1 aliphatic rings. The van der Waals surface area contributed by atoms with Crippen LogP contribution < -0.4 is 0 Å². The van der Waals surface area contributed by atoms with Crippen molar-refractivity contribution in [3.05, 3.63) is 35.9 Å². The minimum absolute atomic E-state index is 0.232. The van der Waals surface area contributed by atoms with Crippen LogP contribution in [-0.2, 0) is 14.3 Å². The lowest BCUT2D eigenvalue weighted by Crippen LogP contribution is -2.10. The first-order valence-electron chi connectivity index (χ1n) is 5.46. The Hall–Kier alpha value is -1.64. The van der Waals surface area contributed by atoms with Gasteiger partial charge in [-0.3, -0.25) is 9.59 Å². The second kappa shape index (κ2) is 4.47. The molecule has 1 fully saturated rings. The summed E-state index contributed by atoms with van der Waals surface area (Å²) in [5.41, 5.74) is 1.19. The van der Waals surface area contributed by atoms with Crippen molar-refractivity contribution >= 4 is 11.9 Å². The fourth-order valence-corrected chi connectivity index (χ4v) is 2.05. The average Bonchev–Trinajstić information content (AvgIpc) is 2.59. The molecule has 0 aromatic heterocycles. The average molecular weight is 218 g/mol. The predicted octanol–water partition coefficient (Wildman–Crippen LogP) is 2.27. The van der Waals surface area contributed by atoms with Crippen molar-refractivity contribution in [1.82, 2.24) is 0 Å². The van der Waals surface area contributed by atoms with E-state index in [1.165, 1.54) is 5.56 Å². The van der Waals surface area contributed by atoms with E-state index in [4.69, 9.17) is 0 Å². The summed E-state index contributed by atoms with van der Waals surface area (Å²) >= 11 is 0. The van der Waals surface area contributed by atoms with E-state index >= 15 is 0 Å². The van der Waals surface area contributed by atoms with E-state index in [1.54, 1.807) is 0 Å². The summed E-state index contributed by atoms with van der Waals surface area (Å²) < 4.78 is 4.53. The molecule has 0 N–H and O–H groups in total. The Morgan fingerprint density at radius 1 is 1.31 bits per heavy atom. The van der Waals surface area contributed by atoms with Crippen LogP contribution in [0.5, 0.6) is 0 Å². The number of benzene rings is 1. The Morgan fingerprint density at radius 3 is 2.56 bits per heavy atom. The van der Waals surface area contributed by atoms with Crippen molar-refractivity contribution in [2.75, 3.05) is 0 Å². The zero-order valence-electron chi connectivity index (χ0n) is 9.18. The molecule has 0 spiro atoms. The molecule has 2 atom stereocenters. The molecule has 16 heavy (non-hydrogen) atoms. The quantitative estimate of drug-likeness (QED) is 0.577. The largest absolute Gasteiger partial charge is 0.393 e. The summed E-state index contributed by atoms with van der Waals surface area (Å²) in [6.45, 7) is 2.06. The molecule has 0 saturated carbocycles. The number of carbonyl (C=O) groups excluding carboxylic acids is 2. The van der Waals surface area contributed by atoms with Crippen molar-refractivity contribution in [2.45, 2.75) is 25.7 Å². The van der Waals surface area contributed by atoms with Crippen molar-refractivity contribution < 1.29 is 14.3 Å². The standard InChI is InChI=1S/C13H14O3/c1-9(10-5-3-2-4-6-10)7-11-8-12(14)16-13(11)15/h2-6,9,11H,7-8H2,1H3. The van der Waals surface area contributed by atoms with Crippen LogP contribution in [0.1, 0.15) is 31.2 Å². The first kappa shape index (κ1) is 10.9. The molecule has 1 aliphatic heterocycles. The van der Waals surface area contributed by atoms with Gasteiger partial charge in [0, 0.05) is 0 Å². The Morgan fingerprint density at radius 2 is 2.00 bits per heavy atom. The van der Waals surface area contributed by atoms with Crippen LogP contribution >= 0.6 is 0 Å². The third-order valence-electron chi connectivity index (χ3n) is 2.97. The summed E-state index contributed by atoms with van der Waals surface area (Å²) in [5, 5.41) is 0. The maximum absolute atomic E-state index is 11.3. The molecule has 2 rings (SSSR count). The summed E-state index contributed by atoms with van der Waals surface area (Å²) in [4.78, 5) is 22.2. The van der Waals surface area contributed by atoms with Gasteiger partial charge in [0.05, 0.1) is 12.3 Å². The molecule has 3 heteroatoms. The summed E-state index contributed by atoms with van der Waals surface area (Å²) in [7, 11) is 0. The Bertz CT molecular complexity index is 397. The van der Waals surface area contributed by atoms with Gasteiger partial charge in [-0.2, -0.15) is 0 Å².